The molecule has 0 spiro atoms. The number of amides is 4. The molecule has 0 aromatic rings. The van der Waals surface area contributed by atoms with Gasteiger partial charge in [0.2, 0.25) is 23.6 Å². The van der Waals surface area contributed by atoms with E-state index in [1.54, 1.807) is 0 Å². The third kappa shape index (κ3) is 27.0. The lowest BCUT2D eigenvalue weighted by atomic mass is 9.92. The topological polar surface area (TPSA) is 133 Å². The van der Waals surface area contributed by atoms with Gasteiger partial charge in [-0.2, -0.15) is 0 Å². The molecule has 0 saturated heterocycles. The number of rotatable bonds is 32. The molecule has 9 nitrogen and oxygen atoms in total. The van der Waals surface area contributed by atoms with Crippen molar-refractivity contribution >= 4 is 29.4 Å². The molecule has 0 aromatic carbocycles. The van der Waals surface area contributed by atoms with Crippen molar-refractivity contribution in [3.8, 4) is 0 Å². The Balaban J connectivity index is 5.16. The molecule has 49 heavy (non-hydrogen) atoms. The average Bonchev–Trinajstić information content (AvgIpc) is 3.05. The second-order valence-electron chi connectivity index (χ2n) is 15.1. The lowest BCUT2D eigenvalue weighted by Gasteiger charge is -2.25. The number of nitrogens with one attached hydrogen (secondary N) is 4. The van der Waals surface area contributed by atoms with Crippen LogP contribution < -0.4 is 21.3 Å². The summed E-state index contributed by atoms with van der Waals surface area (Å²) < 4.78 is 0. The Morgan fingerprint density at radius 1 is 0.449 bits per heavy atom. The van der Waals surface area contributed by atoms with Gasteiger partial charge < -0.3 is 21.3 Å². The van der Waals surface area contributed by atoms with Crippen LogP contribution in [0.3, 0.4) is 0 Å². The summed E-state index contributed by atoms with van der Waals surface area (Å²) in [5.74, 6) is 0.784. The minimum Gasteiger partial charge on any atom is -0.356 e. The third-order valence-corrected chi connectivity index (χ3v) is 9.13. The zero-order chi connectivity index (χ0) is 36.9. The van der Waals surface area contributed by atoms with Crippen molar-refractivity contribution in [2.45, 2.75) is 195 Å². The van der Waals surface area contributed by atoms with Crippen molar-refractivity contribution in [2.75, 3.05) is 13.1 Å². The highest BCUT2D eigenvalue weighted by Gasteiger charge is 2.28. The largest absolute Gasteiger partial charge is 0.356 e. The summed E-state index contributed by atoms with van der Waals surface area (Å²) >= 11 is 0. The summed E-state index contributed by atoms with van der Waals surface area (Å²) in [5, 5.41) is 11.9. The van der Waals surface area contributed by atoms with Crippen molar-refractivity contribution in [2.24, 2.45) is 17.8 Å². The third-order valence-electron chi connectivity index (χ3n) is 9.13. The van der Waals surface area contributed by atoms with Gasteiger partial charge in [0.05, 0.1) is 6.04 Å². The monoisotopic (exact) mass is 693 g/mol. The molecule has 0 fully saturated rings. The van der Waals surface area contributed by atoms with Gasteiger partial charge in [-0.1, -0.05) is 99.8 Å². The molecule has 0 aliphatic carbocycles. The number of hydrogen-bond donors (Lipinski definition) is 4. The number of Topliss-reactive ketones (excluding diaryl/α,β-unsaturated/α-hetero) is 1. The van der Waals surface area contributed by atoms with Crippen LogP contribution in [0, 0.1) is 17.8 Å². The van der Waals surface area contributed by atoms with Crippen LogP contribution in [0.25, 0.3) is 0 Å². The Labute approximate surface area is 300 Å². The molecule has 0 bridgehead atoms. The van der Waals surface area contributed by atoms with Gasteiger partial charge in [0.15, 0.2) is 5.78 Å². The molecular formula is C40H76N4O5. The van der Waals surface area contributed by atoms with Crippen molar-refractivity contribution in [3.63, 3.8) is 0 Å². The lowest BCUT2D eigenvalue weighted by Crippen LogP contribution is -2.52. The molecule has 0 rings (SSSR count). The van der Waals surface area contributed by atoms with Gasteiger partial charge in [-0.3, -0.25) is 24.0 Å². The van der Waals surface area contributed by atoms with Crippen LogP contribution in [0.5, 0.6) is 0 Å². The minimum absolute atomic E-state index is 0.0186. The van der Waals surface area contributed by atoms with Crippen LogP contribution in [0.1, 0.15) is 183 Å². The Bertz CT molecular complexity index is 907. The first kappa shape index (κ1) is 46.5. The summed E-state index contributed by atoms with van der Waals surface area (Å²) in [6.45, 7) is 15.9. The number of hydrogen-bond acceptors (Lipinski definition) is 5. The SMILES string of the molecule is CCCCCCC(=O)NC(CCCCNC(=O)CCCCC(C)C)C(=O)NC(CCCCNC(=O)CCCCC(C)C)C(=O)C(C)CCC. The Morgan fingerprint density at radius 2 is 0.918 bits per heavy atom. The Kier molecular flexibility index (Phi) is 28.9. The summed E-state index contributed by atoms with van der Waals surface area (Å²) in [5.41, 5.74) is 0. The fraction of sp³-hybridized carbons (Fsp3) is 0.875. The molecule has 0 saturated carbocycles. The predicted molar refractivity (Wildman–Crippen MR) is 202 cm³/mol. The van der Waals surface area contributed by atoms with Crippen molar-refractivity contribution in [1.82, 2.24) is 21.3 Å². The first-order chi connectivity index (χ1) is 23.4. The molecule has 9 heteroatoms. The molecule has 4 amide bonds. The number of carbonyl (C=O) groups excluding carboxylic acids is 5. The van der Waals surface area contributed by atoms with Crippen LogP contribution >= 0.6 is 0 Å². The van der Waals surface area contributed by atoms with Gasteiger partial charge in [0.25, 0.3) is 0 Å². The van der Waals surface area contributed by atoms with Gasteiger partial charge in [0, 0.05) is 38.3 Å². The summed E-state index contributed by atoms with van der Waals surface area (Å²) in [7, 11) is 0. The molecule has 0 aliphatic rings. The van der Waals surface area contributed by atoms with E-state index >= 15 is 0 Å². The van der Waals surface area contributed by atoms with Crippen molar-refractivity contribution in [1.29, 1.82) is 0 Å². The van der Waals surface area contributed by atoms with E-state index in [4.69, 9.17) is 0 Å². The van der Waals surface area contributed by atoms with Crippen LogP contribution in [0.4, 0.5) is 0 Å². The first-order valence-electron chi connectivity index (χ1n) is 20.1. The van der Waals surface area contributed by atoms with Gasteiger partial charge in [-0.15, -0.1) is 0 Å². The van der Waals surface area contributed by atoms with Crippen LogP contribution in [-0.4, -0.2) is 54.6 Å². The molecule has 3 atom stereocenters. The summed E-state index contributed by atoms with van der Waals surface area (Å²) in [6, 6.07) is -1.38. The van der Waals surface area contributed by atoms with Crippen LogP contribution in [-0.2, 0) is 24.0 Å². The number of unbranched alkanes of at least 4 members (excludes halogenated alkanes) is 7. The van der Waals surface area contributed by atoms with E-state index in [0.717, 1.165) is 83.5 Å². The molecular weight excluding hydrogens is 616 g/mol. The summed E-state index contributed by atoms with van der Waals surface area (Å²) in [4.78, 5) is 64.4. The lowest BCUT2D eigenvalue weighted by molar-refractivity contribution is -0.133. The predicted octanol–water partition coefficient (Wildman–Crippen LogP) is 7.94. The van der Waals surface area contributed by atoms with E-state index in [1.807, 2.05) is 13.8 Å². The van der Waals surface area contributed by atoms with Crippen molar-refractivity contribution in [3.05, 3.63) is 0 Å². The van der Waals surface area contributed by atoms with E-state index in [-0.39, 0.29) is 35.3 Å². The molecule has 0 aromatic heterocycles. The fourth-order valence-corrected chi connectivity index (χ4v) is 5.98. The summed E-state index contributed by atoms with van der Waals surface area (Å²) in [6.07, 6.45) is 16.8. The zero-order valence-corrected chi connectivity index (χ0v) is 32.7. The molecule has 4 N–H and O–H groups in total. The van der Waals surface area contributed by atoms with Crippen molar-refractivity contribution < 1.29 is 24.0 Å². The average molecular weight is 693 g/mol. The van der Waals surface area contributed by atoms with E-state index in [9.17, 15) is 24.0 Å². The second-order valence-corrected chi connectivity index (χ2v) is 15.1. The molecule has 0 aliphatic heterocycles. The normalized spacial score (nSPS) is 13.2. The standard InChI is InChI=1S/C40H76N4O5/c1-8-10-11-12-28-38(47)43-35(25-18-20-30-42-37(46)27-16-14-23-32(5)6)40(49)44-34(39(48)33(7)21-9-2)24-17-19-29-41-36(45)26-15-13-22-31(3)4/h31-35H,8-30H2,1-7H3,(H,41,45)(H,42,46)(H,43,47)(H,44,49). The van der Waals surface area contributed by atoms with E-state index < -0.39 is 12.1 Å². The second kappa shape index (κ2) is 30.4. The van der Waals surface area contributed by atoms with Crippen LogP contribution in [0.2, 0.25) is 0 Å². The highest BCUT2D eigenvalue weighted by atomic mass is 16.2. The maximum atomic E-state index is 13.7. The maximum Gasteiger partial charge on any atom is 0.243 e. The molecule has 286 valence electrons. The smallest absolute Gasteiger partial charge is 0.243 e. The van der Waals surface area contributed by atoms with E-state index in [0.29, 0.717) is 76.3 Å². The molecule has 0 radical (unpaired) electrons. The zero-order valence-electron chi connectivity index (χ0n) is 32.7. The van der Waals surface area contributed by atoms with Gasteiger partial charge in [-0.25, -0.2) is 0 Å². The van der Waals surface area contributed by atoms with E-state index in [2.05, 4.69) is 55.9 Å². The number of carbonyl (C=O) groups is 5. The van der Waals surface area contributed by atoms with Gasteiger partial charge in [0.1, 0.15) is 6.04 Å². The Hall–Kier alpha value is -2.45. The quantitative estimate of drug-likeness (QED) is 0.0532. The minimum atomic E-state index is -0.739. The maximum absolute atomic E-state index is 13.7. The molecule has 3 unspecified atom stereocenters. The van der Waals surface area contributed by atoms with Crippen LogP contribution in [0.15, 0.2) is 0 Å². The highest BCUT2D eigenvalue weighted by Crippen LogP contribution is 2.15. The fourth-order valence-electron chi connectivity index (χ4n) is 5.98. The highest BCUT2D eigenvalue weighted by molar-refractivity contribution is 5.93. The van der Waals surface area contributed by atoms with Gasteiger partial charge in [-0.05, 0) is 76.0 Å². The van der Waals surface area contributed by atoms with E-state index in [1.165, 1.54) is 0 Å². The Morgan fingerprint density at radius 3 is 1.41 bits per heavy atom. The molecule has 0 heterocycles. The first-order valence-corrected chi connectivity index (χ1v) is 20.1. The van der Waals surface area contributed by atoms with Gasteiger partial charge >= 0.3 is 0 Å². The number of ketones is 1.